The van der Waals surface area contributed by atoms with Gasteiger partial charge in [-0.2, -0.15) is 4.31 Å². The van der Waals surface area contributed by atoms with E-state index in [9.17, 15) is 26.8 Å². The molecule has 0 unspecified atom stereocenters. The summed E-state index contributed by atoms with van der Waals surface area (Å²) < 4.78 is 59.2. The Morgan fingerprint density at radius 2 is 1.88 bits per heavy atom. The summed E-state index contributed by atoms with van der Waals surface area (Å²) in [5.41, 5.74) is 1.30. The van der Waals surface area contributed by atoms with Gasteiger partial charge in [-0.05, 0) is 67.7 Å². The van der Waals surface area contributed by atoms with Crippen LogP contribution in [0.15, 0.2) is 28.5 Å². The van der Waals surface area contributed by atoms with Gasteiger partial charge in [0.15, 0.2) is 0 Å². The summed E-state index contributed by atoms with van der Waals surface area (Å²) >= 11 is 1.28. The van der Waals surface area contributed by atoms with Crippen molar-refractivity contribution < 1.29 is 31.5 Å². The van der Waals surface area contributed by atoms with Crippen LogP contribution in [0.1, 0.15) is 54.4 Å². The zero-order chi connectivity index (χ0) is 23.8. The van der Waals surface area contributed by atoms with Crippen LogP contribution in [0, 0.1) is 17.6 Å². The van der Waals surface area contributed by atoms with Crippen LogP contribution in [0.5, 0.6) is 0 Å². The van der Waals surface area contributed by atoms with E-state index in [1.54, 1.807) is 6.92 Å². The van der Waals surface area contributed by atoms with E-state index in [-0.39, 0.29) is 38.4 Å². The van der Waals surface area contributed by atoms with E-state index in [1.807, 2.05) is 5.38 Å². The zero-order valence-electron chi connectivity index (χ0n) is 18.0. The molecule has 1 amide bonds. The number of ether oxygens (including phenoxy) is 1. The third-order valence-electron chi connectivity index (χ3n) is 5.89. The first-order chi connectivity index (χ1) is 15.7. The van der Waals surface area contributed by atoms with Crippen molar-refractivity contribution in [3.63, 3.8) is 0 Å². The third-order valence-corrected chi connectivity index (χ3v) is 8.72. The number of hydrogen-bond donors (Lipinski definition) is 1. The molecule has 2 aliphatic rings. The topological polar surface area (TPSA) is 92.8 Å². The molecule has 2 fully saturated rings. The first-order valence-electron chi connectivity index (χ1n) is 10.8. The summed E-state index contributed by atoms with van der Waals surface area (Å²) in [6.07, 6.45) is 2.43. The number of carbonyl (C=O) groups excluding carboxylic acids is 2. The predicted molar refractivity (Wildman–Crippen MR) is 119 cm³/mol. The number of hydrogen-bond acceptors (Lipinski definition) is 6. The summed E-state index contributed by atoms with van der Waals surface area (Å²) in [6, 6.07) is 2.30. The Bertz CT molecular complexity index is 1170. The van der Waals surface area contributed by atoms with Gasteiger partial charge >= 0.3 is 5.97 Å². The normalized spacial score (nSPS) is 17.7. The fraction of sp³-hybridized carbons (Fsp3) is 0.455. The van der Waals surface area contributed by atoms with Crippen LogP contribution >= 0.6 is 11.3 Å². The lowest BCUT2D eigenvalue weighted by atomic mass is 9.97. The van der Waals surface area contributed by atoms with Crippen molar-refractivity contribution in [2.45, 2.75) is 43.4 Å². The Hall–Kier alpha value is -2.37. The van der Waals surface area contributed by atoms with Gasteiger partial charge in [-0.1, -0.05) is 0 Å². The molecule has 0 spiro atoms. The molecule has 11 heteroatoms. The highest BCUT2D eigenvalue weighted by Crippen LogP contribution is 2.46. The molecule has 1 saturated heterocycles. The van der Waals surface area contributed by atoms with Crippen molar-refractivity contribution >= 4 is 38.2 Å². The lowest BCUT2D eigenvalue weighted by Crippen LogP contribution is -2.41. The molecular formula is C22H24F2N2O5S2. The molecular weight excluding hydrogens is 474 g/mol. The molecule has 1 aromatic carbocycles. The molecule has 0 atom stereocenters. The van der Waals surface area contributed by atoms with Gasteiger partial charge in [-0.25, -0.2) is 22.0 Å². The van der Waals surface area contributed by atoms with Crippen LogP contribution < -0.4 is 5.32 Å². The molecule has 7 nitrogen and oxygen atoms in total. The molecule has 1 aliphatic carbocycles. The largest absolute Gasteiger partial charge is 0.462 e. The first-order valence-corrected chi connectivity index (χ1v) is 13.1. The minimum absolute atomic E-state index is 0.00112. The lowest BCUT2D eigenvalue weighted by molar-refractivity contribution is -0.120. The number of rotatable bonds is 7. The molecule has 4 rings (SSSR count). The van der Waals surface area contributed by atoms with Crippen LogP contribution in [0.4, 0.5) is 13.8 Å². The molecule has 1 N–H and O–H groups in total. The number of benzene rings is 1. The van der Waals surface area contributed by atoms with E-state index in [0.717, 1.165) is 34.8 Å². The second-order valence-electron chi connectivity index (χ2n) is 8.13. The molecule has 0 radical (unpaired) electrons. The molecule has 1 aromatic heterocycles. The van der Waals surface area contributed by atoms with Gasteiger partial charge in [0.1, 0.15) is 21.5 Å². The average Bonchev–Trinajstić information content (AvgIpc) is 3.55. The maximum atomic E-state index is 14.0. The van der Waals surface area contributed by atoms with Crippen molar-refractivity contribution in [3.05, 3.63) is 46.3 Å². The van der Waals surface area contributed by atoms with Gasteiger partial charge in [-0.15, -0.1) is 11.3 Å². The predicted octanol–water partition coefficient (Wildman–Crippen LogP) is 4.12. The molecule has 1 saturated carbocycles. The first kappa shape index (κ1) is 23.8. The molecule has 0 bridgehead atoms. The highest BCUT2D eigenvalue weighted by atomic mass is 32.2. The monoisotopic (exact) mass is 498 g/mol. The van der Waals surface area contributed by atoms with Crippen LogP contribution in [0.3, 0.4) is 0 Å². The Balaban J connectivity index is 1.43. The number of carbonyl (C=O) groups is 2. The van der Waals surface area contributed by atoms with Gasteiger partial charge < -0.3 is 10.1 Å². The third kappa shape index (κ3) is 4.95. The van der Waals surface area contributed by atoms with Crippen LogP contribution in [-0.2, 0) is 19.6 Å². The summed E-state index contributed by atoms with van der Waals surface area (Å²) in [5, 5.41) is 5.14. The number of amides is 1. The zero-order valence-corrected chi connectivity index (χ0v) is 19.6. The van der Waals surface area contributed by atoms with E-state index >= 15 is 0 Å². The maximum Gasteiger partial charge on any atom is 0.341 e. The van der Waals surface area contributed by atoms with Crippen molar-refractivity contribution in [2.24, 2.45) is 5.92 Å². The van der Waals surface area contributed by atoms with Gasteiger partial charge in [0.25, 0.3) is 0 Å². The quantitative estimate of drug-likeness (QED) is 0.580. The minimum atomic E-state index is -4.22. The Kier molecular flexibility index (Phi) is 6.83. The summed E-state index contributed by atoms with van der Waals surface area (Å²) in [7, 11) is -4.22. The highest BCUT2D eigenvalue weighted by molar-refractivity contribution is 7.89. The van der Waals surface area contributed by atoms with Gasteiger partial charge in [-0.3, -0.25) is 4.79 Å². The van der Waals surface area contributed by atoms with Gasteiger partial charge in [0, 0.05) is 19.0 Å². The van der Waals surface area contributed by atoms with E-state index in [1.165, 1.54) is 11.3 Å². The highest BCUT2D eigenvalue weighted by Gasteiger charge is 2.36. The fourth-order valence-corrected chi connectivity index (χ4v) is 6.54. The summed E-state index contributed by atoms with van der Waals surface area (Å²) in [6.45, 7) is 1.94. The van der Waals surface area contributed by atoms with Crippen molar-refractivity contribution in [2.75, 3.05) is 25.0 Å². The second-order valence-corrected chi connectivity index (χ2v) is 10.9. The SMILES string of the molecule is CCOC(=O)c1c(C2CC2)csc1NC(=O)C1CCN(S(=O)(=O)c2cc(F)ccc2F)CC1. The van der Waals surface area contributed by atoms with Crippen LogP contribution in [-0.4, -0.2) is 44.3 Å². The van der Waals surface area contributed by atoms with Crippen LogP contribution in [0.25, 0.3) is 0 Å². The van der Waals surface area contributed by atoms with Crippen molar-refractivity contribution in [1.29, 1.82) is 0 Å². The van der Waals surface area contributed by atoms with Crippen molar-refractivity contribution in [1.82, 2.24) is 4.31 Å². The van der Waals surface area contributed by atoms with Crippen LogP contribution in [0.2, 0.25) is 0 Å². The number of sulfonamides is 1. The second kappa shape index (κ2) is 9.47. The smallest absolute Gasteiger partial charge is 0.341 e. The Morgan fingerprint density at radius 1 is 1.18 bits per heavy atom. The average molecular weight is 499 g/mol. The van der Waals surface area contributed by atoms with Gasteiger partial charge in [0.05, 0.1) is 12.2 Å². The molecule has 2 aromatic rings. The number of anilines is 1. The van der Waals surface area contributed by atoms with E-state index < -0.39 is 38.4 Å². The number of halogens is 2. The number of nitrogens with zero attached hydrogens (tertiary/aromatic N) is 1. The lowest BCUT2D eigenvalue weighted by Gasteiger charge is -2.30. The fourth-order valence-electron chi connectivity index (χ4n) is 3.96. The Labute approximate surface area is 194 Å². The summed E-state index contributed by atoms with van der Waals surface area (Å²) in [5.74, 6) is -2.80. The van der Waals surface area contributed by atoms with Crippen molar-refractivity contribution in [3.8, 4) is 0 Å². The molecule has 33 heavy (non-hydrogen) atoms. The number of piperidine rings is 1. The van der Waals surface area contributed by atoms with E-state index in [2.05, 4.69) is 5.32 Å². The minimum Gasteiger partial charge on any atom is -0.462 e. The molecule has 1 aliphatic heterocycles. The van der Waals surface area contributed by atoms with E-state index in [4.69, 9.17) is 4.74 Å². The van der Waals surface area contributed by atoms with Gasteiger partial charge in [0.2, 0.25) is 15.9 Å². The number of nitrogens with one attached hydrogen (secondary N) is 1. The maximum absolute atomic E-state index is 14.0. The van der Waals surface area contributed by atoms with E-state index in [0.29, 0.717) is 22.5 Å². The number of thiophene rings is 1. The summed E-state index contributed by atoms with van der Waals surface area (Å²) in [4.78, 5) is 24.7. The molecule has 178 valence electrons. The standard InChI is InChI=1S/C22H24F2N2O5S2/c1-2-31-22(28)19-16(13-3-4-13)12-32-21(19)25-20(27)14-7-9-26(10-8-14)33(29,30)18-11-15(23)5-6-17(18)24/h5-6,11-14H,2-4,7-10H2,1H3,(H,25,27). The Morgan fingerprint density at radius 3 is 2.52 bits per heavy atom. The number of esters is 1. The molecule has 2 heterocycles.